The number of hydrogen-bond acceptors (Lipinski definition) is 3. The van der Waals surface area contributed by atoms with E-state index in [0.29, 0.717) is 16.7 Å². The van der Waals surface area contributed by atoms with E-state index in [4.69, 9.17) is 33.0 Å². The van der Waals surface area contributed by atoms with Crippen LogP contribution in [0.4, 0.5) is 5.82 Å². The monoisotopic (exact) mass is 353 g/mol. The van der Waals surface area contributed by atoms with Crippen molar-refractivity contribution >= 4 is 29.0 Å². The number of halogens is 2. The highest BCUT2D eigenvalue weighted by molar-refractivity contribution is 6.34. The van der Waals surface area contributed by atoms with Crippen LogP contribution in [0.1, 0.15) is 31.0 Å². The van der Waals surface area contributed by atoms with Crippen molar-refractivity contribution in [1.82, 2.24) is 9.78 Å². The van der Waals surface area contributed by atoms with E-state index in [0.717, 1.165) is 49.6 Å². The molecule has 6 heteroatoms. The third-order valence-electron chi connectivity index (χ3n) is 3.99. The molecule has 1 aliphatic rings. The summed E-state index contributed by atoms with van der Waals surface area (Å²) in [6.45, 7) is 4.38. The van der Waals surface area contributed by atoms with Crippen LogP contribution in [0, 0.1) is 0 Å². The van der Waals surface area contributed by atoms with Crippen LogP contribution in [0.25, 0.3) is 5.69 Å². The van der Waals surface area contributed by atoms with Crippen LogP contribution in [0.3, 0.4) is 0 Å². The molecule has 0 amide bonds. The van der Waals surface area contributed by atoms with Crippen molar-refractivity contribution in [3.8, 4) is 5.69 Å². The molecule has 2 heterocycles. The molecule has 0 saturated heterocycles. The maximum absolute atomic E-state index is 6.16. The Morgan fingerprint density at radius 2 is 2.00 bits per heavy atom. The van der Waals surface area contributed by atoms with Crippen molar-refractivity contribution in [1.29, 1.82) is 0 Å². The first kappa shape index (κ1) is 16.6. The molecule has 1 aromatic carbocycles. The van der Waals surface area contributed by atoms with Crippen molar-refractivity contribution in [2.24, 2.45) is 0 Å². The van der Waals surface area contributed by atoms with Gasteiger partial charge in [0.2, 0.25) is 0 Å². The molecule has 0 unspecified atom stereocenters. The van der Waals surface area contributed by atoms with Crippen molar-refractivity contribution in [2.75, 3.05) is 25.1 Å². The van der Waals surface area contributed by atoms with E-state index >= 15 is 0 Å². The zero-order valence-corrected chi connectivity index (χ0v) is 14.8. The Hall–Kier alpha value is -1.23. The predicted octanol–water partition coefficient (Wildman–Crippen LogP) is 4.51. The molecule has 23 heavy (non-hydrogen) atoms. The standard InChI is InChI=1S/C17H21Cl2N3O/c1-2-23-8-6-16-15-5-3-4-7-20-17(15)22(21-16)14-10-12(18)9-13(19)11-14/h9-11,20H,2-8H2,1H3. The maximum atomic E-state index is 6.16. The summed E-state index contributed by atoms with van der Waals surface area (Å²) < 4.78 is 7.43. The van der Waals surface area contributed by atoms with E-state index in [1.807, 2.05) is 23.7 Å². The van der Waals surface area contributed by atoms with Crippen LogP contribution in [-0.2, 0) is 17.6 Å². The molecule has 0 spiro atoms. The number of aromatic nitrogens is 2. The van der Waals surface area contributed by atoms with Crippen LogP contribution < -0.4 is 5.32 Å². The summed E-state index contributed by atoms with van der Waals surface area (Å²) in [4.78, 5) is 0. The summed E-state index contributed by atoms with van der Waals surface area (Å²) in [6, 6.07) is 5.51. The van der Waals surface area contributed by atoms with Crippen LogP contribution in [0.15, 0.2) is 18.2 Å². The number of hydrogen-bond donors (Lipinski definition) is 1. The number of rotatable bonds is 5. The average Bonchev–Trinajstić information content (AvgIpc) is 2.69. The normalized spacial score (nSPS) is 14.2. The zero-order chi connectivity index (χ0) is 16.2. The molecular formula is C17H21Cl2N3O. The van der Waals surface area contributed by atoms with Crippen molar-refractivity contribution in [2.45, 2.75) is 32.6 Å². The Bertz CT molecular complexity index is 664. The number of fused-ring (bicyclic) bond motifs is 1. The van der Waals surface area contributed by atoms with Crippen molar-refractivity contribution in [3.63, 3.8) is 0 Å². The molecule has 1 aromatic heterocycles. The van der Waals surface area contributed by atoms with Gasteiger partial charge in [-0.25, -0.2) is 4.68 Å². The second-order valence-corrected chi connectivity index (χ2v) is 6.52. The number of ether oxygens (including phenoxy) is 1. The fourth-order valence-electron chi connectivity index (χ4n) is 2.94. The molecule has 0 aliphatic carbocycles. The summed E-state index contributed by atoms with van der Waals surface area (Å²) in [5.41, 5.74) is 3.27. The fraction of sp³-hybridized carbons (Fsp3) is 0.471. The Balaban J connectivity index is 2.01. The van der Waals surface area contributed by atoms with E-state index in [2.05, 4.69) is 5.32 Å². The van der Waals surface area contributed by atoms with Gasteiger partial charge in [0.1, 0.15) is 5.82 Å². The lowest BCUT2D eigenvalue weighted by molar-refractivity contribution is 0.150. The first-order valence-corrected chi connectivity index (χ1v) is 8.83. The molecule has 1 aliphatic heterocycles. The molecule has 124 valence electrons. The third kappa shape index (κ3) is 3.82. The second kappa shape index (κ2) is 7.56. The van der Waals surface area contributed by atoms with Crippen molar-refractivity contribution < 1.29 is 4.74 Å². The quantitative estimate of drug-likeness (QED) is 0.804. The van der Waals surface area contributed by atoms with Gasteiger partial charge in [-0.15, -0.1) is 0 Å². The SMILES string of the molecule is CCOCCc1nn(-c2cc(Cl)cc(Cl)c2)c2c1CCCCN2. The van der Waals surface area contributed by atoms with Crippen molar-refractivity contribution in [3.05, 3.63) is 39.5 Å². The minimum Gasteiger partial charge on any atom is -0.381 e. The number of benzene rings is 1. The number of nitrogens with one attached hydrogen (secondary N) is 1. The first-order valence-electron chi connectivity index (χ1n) is 8.08. The number of nitrogens with zero attached hydrogens (tertiary/aromatic N) is 2. The second-order valence-electron chi connectivity index (χ2n) is 5.64. The van der Waals surface area contributed by atoms with Crippen LogP contribution in [0.2, 0.25) is 10.0 Å². The summed E-state index contributed by atoms with van der Waals surface area (Å²) >= 11 is 12.3. The van der Waals surface area contributed by atoms with Gasteiger partial charge in [-0.3, -0.25) is 0 Å². The topological polar surface area (TPSA) is 39.1 Å². The highest BCUT2D eigenvalue weighted by atomic mass is 35.5. The molecule has 0 fully saturated rings. The third-order valence-corrected chi connectivity index (χ3v) is 4.43. The Kier molecular flexibility index (Phi) is 5.46. The highest BCUT2D eigenvalue weighted by Gasteiger charge is 2.20. The van der Waals surface area contributed by atoms with Gasteiger partial charge >= 0.3 is 0 Å². The minimum absolute atomic E-state index is 0.612. The summed E-state index contributed by atoms with van der Waals surface area (Å²) in [5, 5.41) is 9.55. The summed E-state index contributed by atoms with van der Waals surface area (Å²) in [7, 11) is 0. The van der Waals surface area contributed by atoms with E-state index in [9.17, 15) is 0 Å². The van der Waals surface area contributed by atoms with E-state index < -0.39 is 0 Å². The molecule has 0 atom stereocenters. The zero-order valence-electron chi connectivity index (χ0n) is 13.2. The fourth-order valence-corrected chi connectivity index (χ4v) is 3.45. The Labute approximate surface area is 146 Å². The molecule has 4 nitrogen and oxygen atoms in total. The van der Waals surface area contributed by atoms with Gasteiger partial charge in [0.25, 0.3) is 0 Å². The van der Waals surface area contributed by atoms with E-state index in [-0.39, 0.29) is 0 Å². The van der Waals surface area contributed by atoms with Gasteiger partial charge in [0.05, 0.1) is 18.0 Å². The molecule has 0 bridgehead atoms. The van der Waals surface area contributed by atoms with Gasteiger partial charge in [0, 0.05) is 35.2 Å². The molecule has 1 N–H and O–H groups in total. The van der Waals surface area contributed by atoms with E-state index in [1.165, 1.54) is 12.0 Å². The van der Waals surface area contributed by atoms with Crippen LogP contribution in [0.5, 0.6) is 0 Å². The van der Waals surface area contributed by atoms with Gasteiger partial charge in [-0.1, -0.05) is 23.2 Å². The van der Waals surface area contributed by atoms with E-state index in [1.54, 1.807) is 6.07 Å². The lowest BCUT2D eigenvalue weighted by Gasteiger charge is -2.10. The van der Waals surface area contributed by atoms with Gasteiger partial charge in [0.15, 0.2) is 0 Å². The molecular weight excluding hydrogens is 333 g/mol. The van der Waals surface area contributed by atoms with Crippen LogP contribution >= 0.6 is 23.2 Å². The first-order chi connectivity index (χ1) is 11.2. The number of anilines is 1. The Morgan fingerprint density at radius 1 is 1.22 bits per heavy atom. The minimum atomic E-state index is 0.612. The molecule has 3 rings (SSSR count). The maximum Gasteiger partial charge on any atom is 0.133 e. The lowest BCUT2D eigenvalue weighted by atomic mass is 10.1. The summed E-state index contributed by atoms with van der Waals surface area (Å²) in [6.07, 6.45) is 4.19. The Morgan fingerprint density at radius 3 is 2.74 bits per heavy atom. The lowest BCUT2D eigenvalue weighted by Crippen LogP contribution is -2.07. The van der Waals surface area contributed by atoms with Gasteiger partial charge in [-0.05, 0) is 44.4 Å². The van der Waals surface area contributed by atoms with Gasteiger partial charge < -0.3 is 10.1 Å². The molecule has 2 aromatic rings. The van der Waals surface area contributed by atoms with Crippen LogP contribution in [-0.4, -0.2) is 29.5 Å². The largest absolute Gasteiger partial charge is 0.381 e. The molecule has 0 saturated carbocycles. The average molecular weight is 354 g/mol. The molecule has 0 radical (unpaired) electrons. The smallest absolute Gasteiger partial charge is 0.133 e. The van der Waals surface area contributed by atoms with Gasteiger partial charge in [-0.2, -0.15) is 5.10 Å². The predicted molar refractivity (Wildman–Crippen MR) is 95.2 cm³/mol. The summed E-state index contributed by atoms with van der Waals surface area (Å²) in [5.74, 6) is 1.06. The highest BCUT2D eigenvalue weighted by Crippen LogP contribution is 2.30.